The molecule has 72 valence electrons. The summed E-state index contributed by atoms with van der Waals surface area (Å²) < 4.78 is 33.7. The standard InChI is InChI=1S/C7H14O3S2/c1-3-6-5-12(9,10)7(4-2)11(6)8/h6-7H,3-5H2,1-2H3. The smallest absolute Gasteiger partial charge is 0.166 e. The summed E-state index contributed by atoms with van der Waals surface area (Å²) in [6, 6.07) is 0. The van der Waals surface area contributed by atoms with Crippen LogP contribution in [0.2, 0.25) is 0 Å². The average molecular weight is 210 g/mol. The minimum absolute atomic E-state index is 0.120. The zero-order valence-electron chi connectivity index (χ0n) is 7.32. The molecule has 1 heterocycles. The van der Waals surface area contributed by atoms with Crippen LogP contribution in [0.5, 0.6) is 0 Å². The molecule has 1 aliphatic rings. The third kappa shape index (κ3) is 1.57. The summed E-state index contributed by atoms with van der Waals surface area (Å²) in [5.41, 5.74) is 0. The summed E-state index contributed by atoms with van der Waals surface area (Å²) in [7, 11) is -4.20. The molecule has 1 aliphatic heterocycles. The van der Waals surface area contributed by atoms with Crippen molar-refractivity contribution in [3.8, 4) is 0 Å². The van der Waals surface area contributed by atoms with Crippen molar-refractivity contribution in [1.29, 1.82) is 0 Å². The Morgan fingerprint density at radius 3 is 2.17 bits per heavy atom. The molecule has 0 spiro atoms. The second kappa shape index (κ2) is 3.46. The second-order valence-corrected chi connectivity index (χ2v) is 7.45. The van der Waals surface area contributed by atoms with Gasteiger partial charge in [0.05, 0.1) is 5.75 Å². The van der Waals surface area contributed by atoms with E-state index in [2.05, 4.69) is 0 Å². The molecule has 0 aliphatic carbocycles. The molecule has 3 unspecified atom stereocenters. The molecule has 0 aromatic rings. The zero-order valence-corrected chi connectivity index (χ0v) is 8.95. The molecule has 1 saturated heterocycles. The number of sulfone groups is 1. The van der Waals surface area contributed by atoms with E-state index in [0.717, 1.165) is 0 Å². The maximum absolute atomic E-state index is 11.5. The predicted molar refractivity (Wildman–Crippen MR) is 50.1 cm³/mol. The molecular formula is C7H14O3S2. The molecule has 0 saturated carbocycles. The van der Waals surface area contributed by atoms with E-state index >= 15 is 0 Å². The fourth-order valence-corrected chi connectivity index (χ4v) is 7.02. The van der Waals surface area contributed by atoms with E-state index in [9.17, 15) is 12.6 Å². The minimum atomic E-state index is -3.05. The summed E-state index contributed by atoms with van der Waals surface area (Å²) in [6.07, 6.45) is 1.17. The van der Waals surface area contributed by atoms with Crippen molar-refractivity contribution < 1.29 is 12.6 Å². The average Bonchev–Trinajstić information content (AvgIpc) is 2.21. The molecule has 1 fully saturated rings. The van der Waals surface area contributed by atoms with Crippen molar-refractivity contribution in [3.05, 3.63) is 0 Å². The summed E-state index contributed by atoms with van der Waals surface area (Å²) in [4.78, 5) is 0. The van der Waals surface area contributed by atoms with Gasteiger partial charge in [0.25, 0.3) is 0 Å². The van der Waals surface area contributed by atoms with E-state index in [1.165, 1.54) is 0 Å². The van der Waals surface area contributed by atoms with Gasteiger partial charge in [0, 0.05) is 16.0 Å². The Kier molecular flexibility index (Phi) is 2.93. The first-order valence-electron chi connectivity index (χ1n) is 4.13. The fourth-order valence-electron chi connectivity index (χ4n) is 1.49. The van der Waals surface area contributed by atoms with Gasteiger partial charge in [-0.25, -0.2) is 8.42 Å². The quantitative estimate of drug-likeness (QED) is 0.673. The summed E-state index contributed by atoms with van der Waals surface area (Å²) in [5, 5.41) is -0.125. The first-order chi connectivity index (χ1) is 5.53. The largest absolute Gasteiger partial charge is 0.258 e. The molecule has 0 amide bonds. The molecule has 0 radical (unpaired) electrons. The van der Waals surface area contributed by atoms with Gasteiger partial charge in [-0.3, -0.25) is 4.21 Å². The van der Waals surface area contributed by atoms with Crippen LogP contribution in [-0.2, 0) is 20.6 Å². The van der Waals surface area contributed by atoms with Crippen LogP contribution in [0, 0.1) is 0 Å². The van der Waals surface area contributed by atoms with Gasteiger partial charge in [0.1, 0.15) is 4.58 Å². The van der Waals surface area contributed by atoms with Gasteiger partial charge in [0.2, 0.25) is 0 Å². The lowest BCUT2D eigenvalue weighted by Gasteiger charge is -2.04. The lowest BCUT2D eigenvalue weighted by Crippen LogP contribution is -2.18. The van der Waals surface area contributed by atoms with Gasteiger partial charge in [-0.1, -0.05) is 13.8 Å². The maximum atomic E-state index is 11.5. The first-order valence-corrected chi connectivity index (χ1v) is 7.13. The highest BCUT2D eigenvalue weighted by Gasteiger charge is 2.42. The van der Waals surface area contributed by atoms with E-state index in [0.29, 0.717) is 12.8 Å². The third-order valence-electron chi connectivity index (χ3n) is 2.20. The molecular weight excluding hydrogens is 196 g/mol. The van der Waals surface area contributed by atoms with Crippen LogP contribution < -0.4 is 0 Å². The molecule has 0 bridgehead atoms. The molecule has 1 rings (SSSR count). The van der Waals surface area contributed by atoms with Crippen molar-refractivity contribution in [3.63, 3.8) is 0 Å². The molecule has 5 heteroatoms. The highest BCUT2D eigenvalue weighted by molar-refractivity contribution is 8.09. The van der Waals surface area contributed by atoms with E-state index in [4.69, 9.17) is 0 Å². The van der Waals surface area contributed by atoms with Gasteiger partial charge in [-0.05, 0) is 12.8 Å². The molecule has 12 heavy (non-hydrogen) atoms. The number of rotatable bonds is 2. The molecule has 0 aromatic heterocycles. The lowest BCUT2D eigenvalue weighted by atomic mass is 10.4. The van der Waals surface area contributed by atoms with E-state index < -0.39 is 25.2 Å². The Balaban J connectivity index is 2.96. The van der Waals surface area contributed by atoms with Crippen molar-refractivity contribution in [2.24, 2.45) is 0 Å². The van der Waals surface area contributed by atoms with Crippen molar-refractivity contribution in [2.75, 3.05) is 5.75 Å². The van der Waals surface area contributed by atoms with Gasteiger partial charge >= 0.3 is 0 Å². The van der Waals surface area contributed by atoms with Crippen LogP contribution in [-0.4, -0.2) is 28.2 Å². The third-order valence-corrected chi connectivity index (χ3v) is 7.86. The first kappa shape index (κ1) is 10.2. The second-order valence-electron chi connectivity index (χ2n) is 3.03. The van der Waals surface area contributed by atoms with Crippen molar-refractivity contribution in [2.45, 2.75) is 36.5 Å². The van der Waals surface area contributed by atoms with Crippen LogP contribution in [0.25, 0.3) is 0 Å². The van der Waals surface area contributed by atoms with Gasteiger partial charge in [-0.15, -0.1) is 0 Å². The Morgan fingerprint density at radius 2 is 1.92 bits per heavy atom. The van der Waals surface area contributed by atoms with Gasteiger partial charge < -0.3 is 0 Å². The summed E-state index contributed by atoms with van der Waals surface area (Å²) >= 11 is 0. The number of hydrogen-bond acceptors (Lipinski definition) is 3. The Labute approximate surface area is 75.9 Å². The summed E-state index contributed by atoms with van der Waals surface area (Å²) in [5.74, 6) is 0.120. The minimum Gasteiger partial charge on any atom is -0.258 e. The zero-order chi connectivity index (χ0) is 9.35. The SMILES string of the molecule is CCC1CS(=O)(=O)C(CC)S1=O. The Bertz CT molecular complexity index is 281. The van der Waals surface area contributed by atoms with Crippen molar-refractivity contribution >= 4 is 20.6 Å². The van der Waals surface area contributed by atoms with Crippen LogP contribution >= 0.6 is 0 Å². The van der Waals surface area contributed by atoms with E-state index in [1.807, 2.05) is 6.92 Å². The van der Waals surface area contributed by atoms with Crippen LogP contribution in [0.4, 0.5) is 0 Å². The van der Waals surface area contributed by atoms with Crippen LogP contribution in [0.1, 0.15) is 26.7 Å². The van der Waals surface area contributed by atoms with E-state index in [1.54, 1.807) is 6.92 Å². The number of hydrogen-bond donors (Lipinski definition) is 0. The lowest BCUT2D eigenvalue weighted by molar-refractivity contribution is 0.592. The van der Waals surface area contributed by atoms with Gasteiger partial charge in [0.15, 0.2) is 9.84 Å². The fraction of sp³-hybridized carbons (Fsp3) is 1.00. The summed E-state index contributed by atoms with van der Waals surface area (Å²) in [6.45, 7) is 3.66. The van der Waals surface area contributed by atoms with E-state index in [-0.39, 0.29) is 11.0 Å². The van der Waals surface area contributed by atoms with Crippen LogP contribution in [0.15, 0.2) is 0 Å². The highest BCUT2D eigenvalue weighted by atomic mass is 32.3. The maximum Gasteiger partial charge on any atom is 0.166 e. The topological polar surface area (TPSA) is 51.2 Å². The predicted octanol–water partition coefficient (Wildman–Crippen LogP) is 0.678. The highest BCUT2D eigenvalue weighted by Crippen LogP contribution is 2.26. The molecule has 0 aromatic carbocycles. The monoisotopic (exact) mass is 210 g/mol. The normalized spacial score (nSPS) is 40.0. The molecule has 3 atom stereocenters. The van der Waals surface area contributed by atoms with Gasteiger partial charge in [-0.2, -0.15) is 0 Å². The Hall–Kier alpha value is 0.1000. The Morgan fingerprint density at radius 1 is 1.33 bits per heavy atom. The molecule has 3 nitrogen and oxygen atoms in total. The van der Waals surface area contributed by atoms with Crippen LogP contribution in [0.3, 0.4) is 0 Å². The molecule has 0 N–H and O–H groups in total. The van der Waals surface area contributed by atoms with Crippen molar-refractivity contribution in [1.82, 2.24) is 0 Å².